The van der Waals surface area contributed by atoms with Gasteiger partial charge in [-0.2, -0.15) is 0 Å². The molecule has 3 nitrogen and oxygen atoms in total. The van der Waals surface area contributed by atoms with Crippen LogP contribution in [0, 0.1) is 0 Å². The first-order valence-corrected chi connectivity index (χ1v) is 8.31. The first-order chi connectivity index (χ1) is 9.81. The summed E-state index contributed by atoms with van der Waals surface area (Å²) in [6.07, 6.45) is 11.5. The SMILES string of the molecule is O=C(CCOP)OCCCCCCCCCCCCF. The molecule has 0 aliphatic heterocycles. The molecule has 0 saturated carbocycles. The average Bonchev–Trinajstić information content (AvgIpc) is 2.46. The van der Waals surface area contributed by atoms with Crippen molar-refractivity contribution in [2.24, 2.45) is 0 Å². The van der Waals surface area contributed by atoms with E-state index in [-0.39, 0.29) is 12.6 Å². The second-order valence-corrected chi connectivity index (χ2v) is 5.40. The van der Waals surface area contributed by atoms with E-state index in [0.29, 0.717) is 19.6 Å². The molecule has 0 aliphatic carbocycles. The molecule has 0 rings (SSSR count). The van der Waals surface area contributed by atoms with E-state index in [1.54, 1.807) is 0 Å². The van der Waals surface area contributed by atoms with Gasteiger partial charge >= 0.3 is 5.97 Å². The highest BCUT2D eigenvalue weighted by atomic mass is 31.0. The molecule has 0 bridgehead atoms. The Balaban J connectivity index is 3.04. The highest BCUT2D eigenvalue weighted by Gasteiger charge is 2.01. The van der Waals surface area contributed by atoms with Crippen LogP contribution in [0.4, 0.5) is 4.39 Å². The van der Waals surface area contributed by atoms with Crippen molar-refractivity contribution in [3.05, 3.63) is 0 Å². The minimum absolute atomic E-state index is 0.172. The summed E-state index contributed by atoms with van der Waals surface area (Å²) in [6, 6.07) is 0. The number of carbonyl (C=O) groups is 1. The number of alkyl halides is 1. The predicted octanol–water partition coefficient (Wildman–Crippen LogP) is 4.60. The zero-order chi connectivity index (χ0) is 14.9. The number of hydrogen-bond acceptors (Lipinski definition) is 3. The third-order valence-electron chi connectivity index (χ3n) is 3.22. The van der Waals surface area contributed by atoms with Gasteiger partial charge in [-0.3, -0.25) is 9.18 Å². The van der Waals surface area contributed by atoms with Gasteiger partial charge in [0.1, 0.15) is 0 Å². The van der Waals surface area contributed by atoms with Crippen LogP contribution in [-0.4, -0.2) is 25.9 Å². The maximum Gasteiger partial charge on any atom is 0.308 e. The lowest BCUT2D eigenvalue weighted by atomic mass is 10.1. The lowest BCUT2D eigenvalue weighted by molar-refractivity contribution is -0.144. The molecule has 0 aromatic carbocycles. The Morgan fingerprint density at radius 1 is 0.800 bits per heavy atom. The first kappa shape index (κ1) is 19.8. The van der Waals surface area contributed by atoms with Crippen LogP contribution < -0.4 is 0 Å². The Kier molecular flexibility index (Phi) is 16.7. The van der Waals surface area contributed by atoms with Gasteiger partial charge in [-0.25, -0.2) is 0 Å². The van der Waals surface area contributed by atoms with Crippen molar-refractivity contribution in [1.29, 1.82) is 0 Å². The molecule has 0 saturated heterocycles. The van der Waals surface area contributed by atoms with Crippen molar-refractivity contribution >= 4 is 15.4 Å². The Morgan fingerprint density at radius 2 is 1.30 bits per heavy atom. The van der Waals surface area contributed by atoms with Gasteiger partial charge in [0.15, 0.2) is 0 Å². The molecule has 5 heteroatoms. The number of halogens is 1. The van der Waals surface area contributed by atoms with Gasteiger partial charge in [-0.15, -0.1) is 0 Å². The number of unbranched alkanes of at least 4 members (excludes halogenated alkanes) is 9. The lowest BCUT2D eigenvalue weighted by Gasteiger charge is -2.04. The summed E-state index contributed by atoms with van der Waals surface area (Å²) in [5, 5.41) is 0. The quantitative estimate of drug-likeness (QED) is 0.252. The molecule has 20 heavy (non-hydrogen) atoms. The molecule has 0 amide bonds. The second-order valence-electron chi connectivity index (χ2n) is 5.07. The van der Waals surface area contributed by atoms with Crippen LogP contribution in [0.25, 0.3) is 0 Å². The third kappa shape index (κ3) is 15.8. The summed E-state index contributed by atoms with van der Waals surface area (Å²) in [5.74, 6) is -0.180. The van der Waals surface area contributed by atoms with Crippen molar-refractivity contribution in [2.45, 2.75) is 70.6 Å². The number of esters is 1. The van der Waals surface area contributed by atoms with Crippen molar-refractivity contribution in [3.63, 3.8) is 0 Å². The van der Waals surface area contributed by atoms with E-state index >= 15 is 0 Å². The van der Waals surface area contributed by atoms with Crippen molar-refractivity contribution in [3.8, 4) is 0 Å². The molecule has 1 unspecified atom stereocenters. The summed E-state index contributed by atoms with van der Waals surface area (Å²) in [4.78, 5) is 11.1. The number of ether oxygens (including phenoxy) is 1. The maximum absolute atomic E-state index is 11.8. The monoisotopic (exact) mass is 308 g/mol. The number of rotatable bonds is 15. The zero-order valence-electron chi connectivity index (χ0n) is 12.6. The van der Waals surface area contributed by atoms with Crippen molar-refractivity contribution in [1.82, 2.24) is 0 Å². The summed E-state index contributed by atoms with van der Waals surface area (Å²) in [7, 11) is 2.12. The van der Waals surface area contributed by atoms with Crippen LogP contribution >= 0.6 is 9.47 Å². The molecule has 0 spiro atoms. The Bertz CT molecular complexity index is 215. The first-order valence-electron chi connectivity index (χ1n) is 7.84. The van der Waals surface area contributed by atoms with Gasteiger partial charge in [0.25, 0.3) is 0 Å². The Morgan fingerprint density at radius 3 is 1.80 bits per heavy atom. The molecular weight excluding hydrogens is 278 g/mol. The third-order valence-corrected chi connectivity index (χ3v) is 3.45. The van der Waals surface area contributed by atoms with Crippen molar-refractivity contribution in [2.75, 3.05) is 19.9 Å². The van der Waals surface area contributed by atoms with Crippen LogP contribution in [0.3, 0.4) is 0 Å². The fraction of sp³-hybridized carbons (Fsp3) is 0.933. The standard InChI is InChI=1S/C15H30FO3P/c16-12-9-7-5-3-1-2-4-6-8-10-13-18-15(17)11-14-19-20/h1-14,20H2. The summed E-state index contributed by atoms with van der Waals surface area (Å²) >= 11 is 0. The maximum atomic E-state index is 11.8. The molecule has 1 atom stereocenters. The van der Waals surface area contributed by atoms with Crippen LogP contribution in [0.5, 0.6) is 0 Å². The largest absolute Gasteiger partial charge is 0.466 e. The molecule has 0 aromatic heterocycles. The molecule has 120 valence electrons. The van der Waals surface area contributed by atoms with E-state index in [4.69, 9.17) is 9.26 Å². The smallest absolute Gasteiger partial charge is 0.308 e. The molecule has 0 aromatic rings. The van der Waals surface area contributed by atoms with Gasteiger partial charge in [0.05, 0.1) is 26.3 Å². The average molecular weight is 308 g/mol. The highest BCUT2D eigenvalue weighted by molar-refractivity contribution is 7.09. The van der Waals surface area contributed by atoms with Gasteiger partial charge in [-0.1, -0.05) is 51.4 Å². The van der Waals surface area contributed by atoms with Gasteiger partial charge in [0, 0.05) is 9.47 Å². The minimum atomic E-state index is -0.180. The van der Waals surface area contributed by atoms with E-state index in [0.717, 1.165) is 25.7 Å². The second kappa shape index (κ2) is 16.8. The molecule has 0 heterocycles. The molecule has 0 radical (unpaired) electrons. The van der Waals surface area contributed by atoms with Crippen LogP contribution in [-0.2, 0) is 14.1 Å². The van der Waals surface area contributed by atoms with E-state index in [9.17, 15) is 9.18 Å². The predicted molar refractivity (Wildman–Crippen MR) is 83.4 cm³/mol. The molecular formula is C15H30FO3P. The summed E-state index contributed by atoms with van der Waals surface area (Å²) < 4.78 is 21.6. The number of hydrogen-bond donors (Lipinski definition) is 0. The molecule has 0 aliphatic rings. The molecule has 0 fully saturated rings. The van der Waals surface area contributed by atoms with Gasteiger partial charge < -0.3 is 9.26 Å². The highest BCUT2D eigenvalue weighted by Crippen LogP contribution is 2.10. The van der Waals surface area contributed by atoms with E-state index < -0.39 is 0 Å². The van der Waals surface area contributed by atoms with E-state index in [1.807, 2.05) is 0 Å². The fourth-order valence-corrected chi connectivity index (χ4v) is 2.13. The normalized spacial score (nSPS) is 10.7. The Labute approximate surface area is 125 Å². The summed E-state index contributed by atoms with van der Waals surface area (Å²) in [6.45, 7) is 0.753. The number of carbonyl (C=O) groups excluding carboxylic acids is 1. The van der Waals surface area contributed by atoms with Crippen LogP contribution in [0.1, 0.15) is 70.6 Å². The fourth-order valence-electron chi connectivity index (χ4n) is 2.01. The topological polar surface area (TPSA) is 35.5 Å². The van der Waals surface area contributed by atoms with Gasteiger partial charge in [0.2, 0.25) is 0 Å². The van der Waals surface area contributed by atoms with Gasteiger partial charge in [-0.05, 0) is 12.8 Å². The van der Waals surface area contributed by atoms with E-state index in [1.165, 1.54) is 38.5 Å². The zero-order valence-corrected chi connectivity index (χ0v) is 13.7. The van der Waals surface area contributed by atoms with Crippen molar-refractivity contribution < 1.29 is 18.4 Å². The minimum Gasteiger partial charge on any atom is -0.466 e. The summed E-state index contributed by atoms with van der Waals surface area (Å²) in [5.41, 5.74) is 0. The Hall–Kier alpha value is -0.210. The van der Waals surface area contributed by atoms with Crippen LogP contribution in [0.2, 0.25) is 0 Å². The molecule has 0 N–H and O–H groups in total. The van der Waals surface area contributed by atoms with E-state index in [2.05, 4.69) is 9.47 Å². The van der Waals surface area contributed by atoms with Crippen LogP contribution in [0.15, 0.2) is 0 Å². The lowest BCUT2D eigenvalue weighted by Crippen LogP contribution is -2.07.